The maximum Gasteiger partial charge on any atom is 0.229 e. The SMILES string of the molecule is CNC(=O)C12COC(c3nc4c(C)cc(N5CC[C@](C)(c6ccccc6)C5)cn4n3)(C1)C2c1n[nH]c(C)n1. The van der Waals surface area contributed by atoms with Crippen LogP contribution in [0.3, 0.4) is 0 Å². The Morgan fingerprint density at radius 2 is 2.03 bits per heavy atom. The molecule has 1 aromatic carbocycles. The minimum absolute atomic E-state index is 0.0594. The molecule has 4 atom stereocenters. The zero-order valence-electron chi connectivity index (χ0n) is 22.2. The number of carbonyl (C=O) groups excluding carboxylic acids is 1. The molecule has 3 aromatic heterocycles. The summed E-state index contributed by atoms with van der Waals surface area (Å²) < 4.78 is 8.25. The Balaban J connectivity index is 1.25. The Morgan fingerprint density at radius 3 is 2.76 bits per heavy atom. The first-order chi connectivity index (χ1) is 18.3. The molecule has 1 aliphatic carbocycles. The van der Waals surface area contributed by atoms with Crippen LogP contribution in [0.4, 0.5) is 5.69 Å². The molecule has 4 fully saturated rings. The number of rotatable bonds is 5. The van der Waals surface area contributed by atoms with Crippen molar-refractivity contribution in [3.8, 4) is 0 Å². The predicted molar refractivity (Wildman–Crippen MR) is 141 cm³/mol. The van der Waals surface area contributed by atoms with Crippen LogP contribution in [0.15, 0.2) is 42.6 Å². The Bertz CT molecular complexity index is 1560. The second-order valence-electron chi connectivity index (χ2n) is 11.5. The summed E-state index contributed by atoms with van der Waals surface area (Å²) >= 11 is 0. The highest BCUT2D eigenvalue weighted by Gasteiger charge is 2.77. The van der Waals surface area contributed by atoms with Crippen molar-refractivity contribution in [3.05, 3.63) is 71.2 Å². The highest BCUT2D eigenvalue weighted by Crippen LogP contribution is 2.70. The molecule has 10 heteroatoms. The van der Waals surface area contributed by atoms with Crippen molar-refractivity contribution in [1.29, 1.82) is 0 Å². The summed E-state index contributed by atoms with van der Waals surface area (Å²) in [6.45, 7) is 8.48. The number of carbonyl (C=O) groups is 1. The maximum absolute atomic E-state index is 13.0. The van der Waals surface area contributed by atoms with E-state index in [1.165, 1.54) is 5.56 Å². The van der Waals surface area contributed by atoms with Crippen LogP contribution in [-0.4, -0.2) is 62.4 Å². The van der Waals surface area contributed by atoms with Gasteiger partial charge in [-0.15, -0.1) is 5.10 Å². The Labute approximate surface area is 220 Å². The average Bonchev–Trinajstić information content (AvgIpc) is 3.72. The quantitative estimate of drug-likeness (QED) is 0.423. The van der Waals surface area contributed by atoms with Crippen LogP contribution in [0.25, 0.3) is 5.65 Å². The lowest BCUT2D eigenvalue weighted by Gasteiger charge is -2.48. The van der Waals surface area contributed by atoms with Crippen LogP contribution >= 0.6 is 0 Å². The number of benzene rings is 1. The van der Waals surface area contributed by atoms with Crippen LogP contribution in [0.1, 0.15) is 54.3 Å². The van der Waals surface area contributed by atoms with Gasteiger partial charge in [-0.2, -0.15) is 5.10 Å². The Hall–Kier alpha value is -3.79. The standard InChI is InChI=1S/C28H32N8O2/c1-17-12-20(35-11-10-26(3,15-35)19-8-6-5-7-9-19)13-36-23(17)31-24(34-36)28-14-27(16-38-28,25(37)29-4)21(28)22-30-18(2)32-33-22/h5-9,12-13,21H,10-11,14-16H2,1-4H3,(H,29,37)(H,30,32,33)/t21?,26-,27?,28?/m0/s1. The van der Waals surface area contributed by atoms with Gasteiger partial charge in [0, 0.05) is 32.0 Å². The zero-order valence-corrected chi connectivity index (χ0v) is 22.2. The first kappa shape index (κ1) is 23.3. The molecule has 8 rings (SSSR count). The number of aromatic nitrogens is 6. The molecule has 4 aliphatic rings. The summed E-state index contributed by atoms with van der Waals surface area (Å²) in [6.07, 6.45) is 3.66. The predicted octanol–water partition coefficient (Wildman–Crippen LogP) is 2.78. The van der Waals surface area contributed by atoms with E-state index in [4.69, 9.17) is 14.8 Å². The van der Waals surface area contributed by atoms with Gasteiger partial charge in [-0.3, -0.25) is 9.89 Å². The van der Waals surface area contributed by atoms with Crippen molar-refractivity contribution in [3.63, 3.8) is 0 Å². The number of anilines is 1. The van der Waals surface area contributed by atoms with Gasteiger partial charge in [-0.25, -0.2) is 14.5 Å². The number of aromatic amines is 1. The number of nitrogens with one attached hydrogen (secondary N) is 2. The van der Waals surface area contributed by atoms with E-state index in [0.29, 0.717) is 23.9 Å². The second-order valence-corrected chi connectivity index (χ2v) is 11.5. The summed E-state index contributed by atoms with van der Waals surface area (Å²) in [5.41, 5.74) is 2.89. The molecular formula is C28H32N8O2. The molecule has 2 N–H and O–H groups in total. The van der Waals surface area contributed by atoms with Crippen molar-refractivity contribution >= 4 is 17.2 Å². The summed E-state index contributed by atoms with van der Waals surface area (Å²) in [5, 5.41) is 15.1. The highest BCUT2D eigenvalue weighted by molar-refractivity contribution is 5.86. The molecule has 4 aromatic rings. The topological polar surface area (TPSA) is 113 Å². The number of nitrogens with zero attached hydrogens (tertiary/aromatic N) is 6. The van der Waals surface area contributed by atoms with E-state index in [9.17, 15) is 4.79 Å². The molecule has 196 valence electrons. The maximum atomic E-state index is 13.0. The molecule has 0 spiro atoms. The number of hydrogen-bond acceptors (Lipinski definition) is 7. The van der Waals surface area contributed by atoms with E-state index in [-0.39, 0.29) is 23.8 Å². The first-order valence-corrected chi connectivity index (χ1v) is 13.2. The fourth-order valence-electron chi connectivity index (χ4n) is 7.00. The summed E-state index contributed by atoms with van der Waals surface area (Å²) in [5.74, 6) is 1.43. The lowest BCUT2D eigenvalue weighted by Crippen LogP contribution is -2.58. The van der Waals surface area contributed by atoms with E-state index in [2.05, 4.69) is 81.8 Å². The van der Waals surface area contributed by atoms with Gasteiger partial charge >= 0.3 is 0 Å². The van der Waals surface area contributed by atoms with Gasteiger partial charge in [-0.05, 0) is 37.5 Å². The van der Waals surface area contributed by atoms with Crippen LogP contribution < -0.4 is 10.2 Å². The molecule has 6 heterocycles. The third-order valence-electron chi connectivity index (χ3n) is 9.03. The third kappa shape index (κ3) is 3.06. The van der Waals surface area contributed by atoms with Gasteiger partial charge in [-0.1, -0.05) is 37.3 Å². The van der Waals surface area contributed by atoms with E-state index < -0.39 is 11.0 Å². The summed E-state index contributed by atoms with van der Waals surface area (Å²) in [6, 6.07) is 13.0. The largest absolute Gasteiger partial charge is 0.369 e. The van der Waals surface area contributed by atoms with E-state index in [1.54, 1.807) is 7.05 Å². The van der Waals surface area contributed by atoms with Crippen LogP contribution in [0.2, 0.25) is 0 Å². The van der Waals surface area contributed by atoms with Gasteiger partial charge in [0.15, 0.2) is 17.3 Å². The number of hydrogen-bond donors (Lipinski definition) is 2. The number of amides is 1. The molecule has 3 aliphatic heterocycles. The molecule has 3 unspecified atom stereocenters. The Morgan fingerprint density at radius 1 is 1.21 bits per heavy atom. The normalized spacial score (nSPS) is 30.1. The number of fused-ring (bicyclic) bond motifs is 2. The van der Waals surface area contributed by atoms with E-state index in [0.717, 1.165) is 36.4 Å². The van der Waals surface area contributed by atoms with Crippen LogP contribution in [0, 0.1) is 19.3 Å². The zero-order chi connectivity index (χ0) is 26.3. The number of pyridine rings is 1. The van der Waals surface area contributed by atoms with Crippen molar-refractivity contribution < 1.29 is 9.53 Å². The lowest BCUT2D eigenvalue weighted by molar-refractivity contribution is -0.140. The van der Waals surface area contributed by atoms with Gasteiger partial charge in [0.25, 0.3) is 0 Å². The molecule has 1 amide bonds. The first-order valence-electron chi connectivity index (χ1n) is 13.2. The molecular weight excluding hydrogens is 480 g/mol. The monoisotopic (exact) mass is 512 g/mol. The fourth-order valence-corrected chi connectivity index (χ4v) is 7.00. The lowest BCUT2D eigenvalue weighted by atomic mass is 9.52. The molecule has 1 saturated carbocycles. The number of H-pyrrole nitrogens is 1. The molecule has 38 heavy (non-hydrogen) atoms. The molecule has 10 nitrogen and oxygen atoms in total. The highest BCUT2D eigenvalue weighted by atomic mass is 16.5. The van der Waals surface area contributed by atoms with E-state index in [1.807, 2.05) is 11.4 Å². The van der Waals surface area contributed by atoms with Gasteiger partial charge < -0.3 is 15.0 Å². The van der Waals surface area contributed by atoms with Crippen molar-refractivity contribution in [2.75, 3.05) is 31.6 Å². The van der Waals surface area contributed by atoms with Gasteiger partial charge in [0.1, 0.15) is 11.4 Å². The minimum atomic E-state index is -0.834. The van der Waals surface area contributed by atoms with E-state index >= 15 is 0 Å². The van der Waals surface area contributed by atoms with Crippen molar-refractivity contribution in [2.45, 2.75) is 50.5 Å². The van der Waals surface area contributed by atoms with Crippen molar-refractivity contribution in [2.24, 2.45) is 5.41 Å². The minimum Gasteiger partial charge on any atom is -0.369 e. The average molecular weight is 513 g/mol. The van der Waals surface area contributed by atoms with Crippen molar-refractivity contribution in [1.82, 2.24) is 35.1 Å². The van der Waals surface area contributed by atoms with Gasteiger partial charge in [0.05, 0.1) is 29.8 Å². The van der Waals surface area contributed by atoms with Gasteiger partial charge in [0.2, 0.25) is 5.91 Å². The molecule has 3 saturated heterocycles. The summed E-state index contributed by atoms with van der Waals surface area (Å²) in [4.78, 5) is 25.0. The van der Waals surface area contributed by atoms with Crippen LogP contribution in [-0.2, 0) is 20.5 Å². The molecule has 0 radical (unpaired) electrons. The second kappa shape index (κ2) is 7.86. The fraction of sp³-hybridized carbons (Fsp3) is 0.464. The Kier molecular flexibility index (Phi) is 4.83. The number of ether oxygens (including phenoxy) is 1. The van der Waals surface area contributed by atoms with Crippen LogP contribution in [0.5, 0.6) is 0 Å². The molecule has 2 bridgehead atoms. The number of aryl methyl sites for hydroxylation is 2. The third-order valence-corrected chi connectivity index (χ3v) is 9.03. The smallest absolute Gasteiger partial charge is 0.229 e. The summed E-state index contributed by atoms with van der Waals surface area (Å²) in [7, 11) is 1.66.